The van der Waals surface area contributed by atoms with Gasteiger partial charge in [-0.05, 0) is 31.2 Å². The Morgan fingerprint density at radius 2 is 1.95 bits per heavy atom. The fourth-order valence-electron chi connectivity index (χ4n) is 3.57. The van der Waals surface area contributed by atoms with E-state index >= 15 is 0 Å². The number of likely N-dealkylation sites (tertiary alicyclic amines) is 1. The van der Waals surface area contributed by atoms with Gasteiger partial charge in [-0.3, -0.25) is 4.90 Å². The maximum atomic E-state index is 5.57. The second-order valence-electron chi connectivity index (χ2n) is 5.75. The first-order valence-electron chi connectivity index (χ1n) is 6.93. The van der Waals surface area contributed by atoms with Crippen molar-refractivity contribution in [3.05, 3.63) is 35.9 Å². The molecule has 0 radical (unpaired) electrons. The first kappa shape index (κ1) is 13.9. The molecule has 0 saturated carbocycles. The van der Waals surface area contributed by atoms with Crippen molar-refractivity contribution in [1.29, 1.82) is 0 Å². The summed E-state index contributed by atoms with van der Waals surface area (Å²) in [5, 5.41) is 7.23. The Bertz CT molecular complexity index is 545. The van der Waals surface area contributed by atoms with Crippen LogP contribution in [0.3, 0.4) is 0 Å². The van der Waals surface area contributed by atoms with Gasteiger partial charge < -0.3 is 10.6 Å². The lowest BCUT2D eigenvalue weighted by Crippen LogP contribution is -2.60. The van der Waals surface area contributed by atoms with Gasteiger partial charge in [0.15, 0.2) is 5.11 Å². The molecule has 0 aromatic heterocycles. The van der Waals surface area contributed by atoms with Crippen LogP contribution >= 0.6 is 24.4 Å². The lowest BCUT2D eigenvalue weighted by atomic mass is 9.72. The quantitative estimate of drug-likeness (QED) is 0.776. The Balaban J connectivity index is 1.99. The van der Waals surface area contributed by atoms with Gasteiger partial charge in [0.2, 0.25) is 0 Å². The van der Waals surface area contributed by atoms with Crippen LogP contribution < -0.4 is 10.6 Å². The molecule has 0 aliphatic carbocycles. The first-order chi connectivity index (χ1) is 9.54. The fraction of sp³-hybridized carbons (Fsp3) is 0.467. The molecule has 3 nitrogen and oxygen atoms in total. The normalized spacial score (nSPS) is 34.1. The number of nitrogens with one attached hydrogen (secondary N) is 2. The number of benzene rings is 1. The minimum Gasteiger partial charge on any atom is -0.350 e. The topological polar surface area (TPSA) is 27.3 Å². The van der Waals surface area contributed by atoms with Gasteiger partial charge in [0.05, 0.1) is 5.54 Å². The molecule has 5 heteroatoms. The average molecular weight is 305 g/mol. The monoisotopic (exact) mass is 305 g/mol. The minimum atomic E-state index is -0.195. The molecular formula is C15H19N3S2. The van der Waals surface area contributed by atoms with E-state index in [1.165, 1.54) is 5.56 Å². The smallest absolute Gasteiger partial charge is 0.172 e. The molecular weight excluding hydrogens is 286 g/mol. The molecule has 3 rings (SSSR count). The van der Waals surface area contributed by atoms with E-state index in [1.54, 1.807) is 0 Å². The summed E-state index contributed by atoms with van der Waals surface area (Å²) in [4.78, 5) is 3.26. The summed E-state index contributed by atoms with van der Waals surface area (Å²) in [6.45, 7) is 3.27. The van der Waals surface area contributed by atoms with Crippen molar-refractivity contribution in [2.75, 3.05) is 13.6 Å². The second-order valence-corrected chi connectivity index (χ2v) is 6.57. The summed E-state index contributed by atoms with van der Waals surface area (Å²) < 4.78 is 0. The number of thiocarbonyl (C=S) groups is 2. The summed E-state index contributed by atoms with van der Waals surface area (Å²) in [5.74, 6) is 0.351. The molecule has 20 heavy (non-hydrogen) atoms. The molecule has 3 atom stereocenters. The van der Waals surface area contributed by atoms with Gasteiger partial charge in [-0.2, -0.15) is 0 Å². The predicted octanol–water partition coefficient (Wildman–Crippen LogP) is 2.24. The fourth-order valence-corrected chi connectivity index (χ4v) is 4.36. The third-order valence-corrected chi connectivity index (χ3v) is 5.37. The zero-order chi connectivity index (χ0) is 14.3. The zero-order valence-corrected chi connectivity index (χ0v) is 13.4. The Hall–Kier alpha value is -1.04. The van der Waals surface area contributed by atoms with Gasteiger partial charge >= 0.3 is 0 Å². The van der Waals surface area contributed by atoms with Crippen molar-refractivity contribution in [3.63, 3.8) is 0 Å². The van der Waals surface area contributed by atoms with Crippen molar-refractivity contribution in [2.24, 2.45) is 5.92 Å². The molecule has 2 aliphatic heterocycles. The van der Waals surface area contributed by atoms with Crippen LogP contribution in [-0.4, -0.2) is 34.1 Å². The molecule has 2 saturated heterocycles. The van der Waals surface area contributed by atoms with E-state index in [0.29, 0.717) is 17.1 Å². The van der Waals surface area contributed by atoms with E-state index in [1.807, 2.05) is 0 Å². The van der Waals surface area contributed by atoms with Crippen molar-refractivity contribution in [3.8, 4) is 0 Å². The second kappa shape index (κ2) is 5.06. The zero-order valence-electron chi connectivity index (χ0n) is 11.7. The molecule has 1 aromatic carbocycles. The highest BCUT2D eigenvalue weighted by molar-refractivity contribution is 7.82. The molecule has 2 fully saturated rings. The van der Waals surface area contributed by atoms with E-state index in [9.17, 15) is 0 Å². The van der Waals surface area contributed by atoms with Gasteiger partial charge in [0.1, 0.15) is 4.99 Å². The highest BCUT2D eigenvalue weighted by Gasteiger charge is 2.52. The largest absolute Gasteiger partial charge is 0.350 e. The van der Waals surface area contributed by atoms with Gasteiger partial charge in [-0.25, -0.2) is 0 Å². The highest BCUT2D eigenvalue weighted by Crippen LogP contribution is 2.42. The predicted molar refractivity (Wildman–Crippen MR) is 89.8 cm³/mol. The number of hydrogen-bond acceptors (Lipinski definition) is 3. The summed E-state index contributed by atoms with van der Waals surface area (Å²) in [7, 11) is 2.19. The number of rotatable bonds is 1. The summed E-state index contributed by atoms with van der Waals surface area (Å²) in [6, 6.07) is 11.0. The molecule has 1 spiro atoms. The molecule has 2 N–H and O–H groups in total. The van der Waals surface area contributed by atoms with Crippen LogP contribution in [0.4, 0.5) is 0 Å². The van der Waals surface area contributed by atoms with E-state index < -0.39 is 0 Å². The number of nitrogens with zero attached hydrogens (tertiary/aromatic N) is 1. The lowest BCUT2D eigenvalue weighted by molar-refractivity contribution is 0.0838. The van der Waals surface area contributed by atoms with Crippen LogP contribution in [0.1, 0.15) is 24.9 Å². The Morgan fingerprint density at radius 3 is 2.55 bits per heavy atom. The molecule has 106 valence electrons. The molecule has 2 heterocycles. The Kier molecular flexibility index (Phi) is 3.52. The van der Waals surface area contributed by atoms with Crippen molar-refractivity contribution >= 4 is 34.5 Å². The van der Waals surface area contributed by atoms with Crippen LogP contribution in [-0.2, 0) is 0 Å². The average Bonchev–Trinajstić information content (AvgIpc) is 2.72. The summed E-state index contributed by atoms with van der Waals surface area (Å²) >= 11 is 10.8. The van der Waals surface area contributed by atoms with E-state index in [2.05, 4.69) is 59.8 Å². The third kappa shape index (κ3) is 2.05. The Morgan fingerprint density at radius 1 is 1.25 bits per heavy atom. The van der Waals surface area contributed by atoms with E-state index in [-0.39, 0.29) is 5.54 Å². The van der Waals surface area contributed by atoms with Gasteiger partial charge in [-0.1, -0.05) is 49.5 Å². The maximum absolute atomic E-state index is 5.57. The maximum Gasteiger partial charge on any atom is 0.172 e. The lowest BCUT2D eigenvalue weighted by Gasteiger charge is -2.48. The standard InChI is InChI=1S/C15H19N3S2/c1-10-12(11-6-4-3-5-7-11)18(2)9-8-15(10)13(19)16-14(20)17-15/h3-7,10,12H,8-9H2,1-2H3,(H2,16,17,19,20)/t10-,12-,15+/m1/s1. The van der Waals surface area contributed by atoms with E-state index in [4.69, 9.17) is 24.4 Å². The van der Waals surface area contributed by atoms with Crippen LogP contribution in [0.5, 0.6) is 0 Å². The van der Waals surface area contributed by atoms with Crippen molar-refractivity contribution < 1.29 is 0 Å². The summed E-state index contributed by atoms with van der Waals surface area (Å²) in [5.41, 5.74) is 1.14. The van der Waals surface area contributed by atoms with Crippen molar-refractivity contribution in [1.82, 2.24) is 15.5 Å². The van der Waals surface area contributed by atoms with Gasteiger partial charge in [-0.15, -0.1) is 0 Å². The van der Waals surface area contributed by atoms with Crippen molar-refractivity contribution in [2.45, 2.75) is 24.9 Å². The van der Waals surface area contributed by atoms with Crippen LogP contribution in [0.15, 0.2) is 30.3 Å². The molecule has 0 amide bonds. The molecule has 1 aromatic rings. The van der Waals surface area contributed by atoms with Crippen LogP contribution in [0.25, 0.3) is 0 Å². The highest BCUT2D eigenvalue weighted by atomic mass is 32.1. The number of piperidine rings is 1. The number of hydrogen-bond donors (Lipinski definition) is 2. The SMILES string of the molecule is C[C@@H]1[C@H](c2ccccc2)N(C)CC[C@]12NC(=S)NC2=S. The summed E-state index contributed by atoms with van der Waals surface area (Å²) in [6.07, 6.45) is 0.986. The van der Waals surface area contributed by atoms with Crippen LogP contribution in [0.2, 0.25) is 0 Å². The Labute approximate surface area is 130 Å². The van der Waals surface area contributed by atoms with Gasteiger partial charge in [0.25, 0.3) is 0 Å². The van der Waals surface area contributed by atoms with Gasteiger partial charge in [0, 0.05) is 18.5 Å². The van der Waals surface area contributed by atoms with Crippen LogP contribution in [0, 0.1) is 5.92 Å². The molecule has 2 aliphatic rings. The molecule has 0 unspecified atom stereocenters. The molecule has 0 bridgehead atoms. The first-order valence-corrected chi connectivity index (χ1v) is 7.75. The minimum absolute atomic E-state index is 0.195. The van der Waals surface area contributed by atoms with E-state index in [0.717, 1.165) is 18.0 Å². The third-order valence-electron chi connectivity index (χ3n) is 4.69.